The summed E-state index contributed by atoms with van der Waals surface area (Å²) in [6.07, 6.45) is 2.70. The van der Waals surface area contributed by atoms with Gasteiger partial charge in [0.05, 0.1) is 17.9 Å². The molecular weight excluding hydrogens is 618 g/mol. The molecule has 2 aliphatic rings. The van der Waals surface area contributed by atoms with Crippen LogP contribution in [0.3, 0.4) is 0 Å². The van der Waals surface area contributed by atoms with E-state index in [2.05, 4.69) is 38.3 Å². The van der Waals surface area contributed by atoms with Crippen molar-refractivity contribution in [3.05, 3.63) is 121 Å². The Bertz CT molecular complexity index is 1770. The molecule has 44 heavy (non-hydrogen) atoms. The zero-order chi connectivity index (χ0) is 31.0. The lowest BCUT2D eigenvalue weighted by molar-refractivity contribution is 0.0653. The zero-order valence-electron chi connectivity index (χ0n) is 25.2. The molecule has 8 nitrogen and oxygen atoms in total. The van der Waals surface area contributed by atoms with Crippen LogP contribution in [-0.4, -0.2) is 45.9 Å². The standard InChI is InChI=1S/C35H36BrN5O3/c1-22-17-27(13-16-30(22)36)33(43)40-21-31-29(18-23(40)2)34(44)41(28-14-11-26(12-15-28)32(42)37-3)35(38-31)39(20-25-9-10-25)19-24-7-5-4-6-8-24/h4-8,11-17,23,25H,9-10,18-21H2,1-3H3,(H,37,42)/t23-/m0/s1. The maximum Gasteiger partial charge on any atom is 0.263 e. The number of nitrogens with zero attached hydrogens (tertiary/aromatic N) is 4. The van der Waals surface area contributed by atoms with E-state index in [1.165, 1.54) is 0 Å². The van der Waals surface area contributed by atoms with Crippen LogP contribution in [0.5, 0.6) is 0 Å². The maximum atomic E-state index is 14.5. The van der Waals surface area contributed by atoms with Crippen LogP contribution in [0, 0.1) is 12.8 Å². The Balaban J connectivity index is 1.46. The third-order valence-electron chi connectivity index (χ3n) is 8.55. The lowest BCUT2D eigenvalue weighted by Crippen LogP contribution is -2.46. The third-order valence-corrected chi connectivity index (χ3v) is 9.44. The molecule has 0 unspecified atom stereocenters. The van der Waals surface area contributed by atoms with E-state index in [0.29, 0.717) is 52.9 Å². The molecule has 0 radical (unpaired) electrons. The largest absolute Gasteiger partial charge is 0.355 e. The summed E-state index contributed by atoms with van der Waals surface area (Å²) in [5.41, 5.74) is 5.02. The van der Waals surface area contributed by atoms with Crippen LogP contribution >= 0.6 is 15.9 Å². The number of aromatic nitrogens is 2. The number of aryl methyl sites for hydroxylation is 1. The first-order chi connectivity index (χ1) is 21.2. The van der Waals surface area contributed by atoms with Crippen LogP contribution in [-0.2, 0) is 19.5 Å². The Labute approximate surface area is 265 Å². The normalized spacial score (nSPS) is 15.9. The summed E-state index contributed by atoms with van der Waals surface area (Å²) in [6.45, 7) is 5.57. The number of carbonyl (C=O) groups is 2. The Morgan fingerprint density at radius 3 is 2.39 bits per heavy atom. The molecule has 226 valence electrons. The fourth-order valence-corrected chi connectivity index (χ4v) is 6.09. The van der Waals surface area contributed by atoms with E-state index in [1.54, 1.807) is 35.9 Å². The number of benzene rings is 3. The van der Waals surface area contributed by atoms with Crippen molar-refractivity contribution >= 4 is 33.7 Å². The molecule has 2 amide bonds. The SMILES string of the molecule is CNC(=O)c1ccc(-n2c(N(Cc3ccccc3)CC3CC3)nc3c(c2=O)C[C@H](C)N(C(=O)c2ccc(Br)c(C)c2)C3)cc1. The van der Waals surface area contributed by atoms with Gasteiger partial charge in [-0.3, -0.25) is 14.4 Å². The van der Waals surface area contributed by atoms with Gasteiger partial charge in [0.25, 0.3) is 17.4 Å². The van der Waals surface area contributed by atoms with E-state index < -0.39 is 0 Å². The van der Waals surface area contributed by atoms with Crippen LogP contribution in [0.2, 0.25) is 0 Å². The number of carbonyl (C=O) groups excluding carboxylic acids is 2. The molecule has 1 fully saturated rings. The maximum absolute atomic E-state index is 14.5. The molecule has 2 heterocycles. The van der Waals surface area contributed by atoms with E-state index in [-0.39, 0.29) is 30.0 Å². The molecule has 1 saturated carbocycles. The second kappa shape index (κ2) is 12.4. The van der Waals surface area contributed by atoms with Crippen molar-refractivity contribution in [2.45, 2.75) is 52.2 Å². The van der Waals surface area contributed by atoms with Crippen molar-refractivity contribution in [1.82, 2.24) is 19.8 Å². The smallest absolute Gasteiger partial charge is 0.263 e. The molecule has 1 aliphatic heterocycles. The van der Waals surface area contributed by atoms with Crippen molar-refractivity contribution in [3.63, 3.8) is 0 Å². The quantitative estimate of drug-likeness (QED) is 0.265. The van der Waals surface area contributed by atoms with E-state index >= 15 is 0 Å². The predicted molar refractivity (Wildman–Crippen MR) is 175 cm³/mol. The first-order valence-electron chi connectivity index (χ1n) is 15.1. The molecule has 0 spiro atoms. The van der Waals surface area contributed by atoms with Crippen LogP contribution < -0.4 is 15.8 Å². The summed E-state index contributed by atoms with van der Waals surface area (Å²) in [5, 5.41) is 2.65. The predicted octanol–water partition coefficient (Wildman–Crippen LogP) is 5.67. The summed E-state index contributed by atoms with van der Waals surface area (Å²) in [4.78, 5) is 49.7. The molecule has 1 aliphatic carbocycles. The van der Waals surface area contributed by atoms with E-state index in [0.717, 1.165) is 35.0 Å². The molecule has 1 N–H and O–H groups in total. The topological polar surface area (TPSA) is 87.5 Å². The molecule has 9 heteroatoms. The van der Waals surface area contributed by atoms with Crippen molar-refractivity contribution in [1.29, 1.82) is 0 Å². The van der Waals surface area contributed by atoms with Crippen LogP contribution in [0.15, 0.2) is 82.1 Å². The van der Waals surface area contributed by atoms with Crippen LogP contribution in [0.4, 0.5) is 5.95 Å². The number of amides is 2. The van der Waals surface area contributed by atoms with Crippen molar-refractivity contribution in [2.75, 3.05) is 18.5 Å². The van der Waals surface area contributed by atoms with Gasteiger partial charge in [-0.2, -0.15) is 0 Å². The minimum absolute atomic E-state index is 0.0739. The van der Waals surface area contributed by atoms with Gasteiger partial charge in [0.2, 0.25) is 5.95 Å². The lowest BCUT2D eigenvalue weighted by atomic mass is 9.98. The van der Waals surface area contributed by atoms with Crippen LogP contribution in [0.25, 0.3) is 5.69 Å². The van der Waals surface area contributed by atoms with E-state index in [9.17, 15) is 14.4 Å². The highest BCUT2D eigenvalue weighted by molar-refractivity contribution is 9.10. The average molecular weight is 655 g/mol. The molecule has 1 aromatic heterocycles. The highest BCUT2D eigenvalue weighted by Crippen LogP contribution is 2.33. The second-order valence-electron chi connectivity index (χ2n) is 11.9. The summed E-state index contributed by atoms with van der Waals surface area (Å²) in [6, 6.07) is 22.7. The number of rotatable bonds is 8. The van der Waals surface area contributed by atoms with Crippen molar-refractivity contribution in [3.8, 4) is 5.69 Å². The molecule has 6 rings (SSSR count). The van der Waals surface area contributed by atoms with Gasteiger partial charge >= 0.3 is 0 Å². The minimum atomic E-state index is -0.188. The van der Waals surface area contributed by atoms with Crippen molar-refractivity contribution < 1.29 is 9.59 Å². The number of fused-ring (bicyclic) bond motifs is 1. The minimum Gasteiger partial charge on any atom is -0.355 e. The third kappa shape index (κ3) is 6.06. The van der Waals surface area contributed by atoms with Crippen LogP contribution in [0.1, 0.15) is 62.9 Å². The van der Waals surface area contributed by atoms with Gasteiger partial charge in [0.15, 0.2) is 0 Å². The molecule has 1 atom stereocenters. The number of hydrogen-bond donors (Lipinski definition) is 1. The first kappa shape index (κ1) is 29.8. The Kier molecular flexibility index (Phi) is 8.40. The van der Waals surface area contributed by atoms with Gasteiger partial charge in [-0.05, 0) is 92.6 Å². The summed E-state index contributed by atoms with van der Waals surface area (Å²) < 4.78 is 2.65. The molecule has 3 aromatic carbocycles. The lowest BCUT2D eigenvalue weighted by Gasteiger charge is -2.36. The van der Waals surface area contributed by atoms with E-state index in [4.69, 9.17) is 4.98 Å². The van der Waals surface area contributed by atoms with E-state index in [1.807, 2.05) is 55.1 Å². The fourth-order valence-electron chi connectivity index (χ4n) is 5.85. The summed E-state index contributed by atoms with van der Waals surface area (Å²) >= 11 is 3.53. The second-order valence-corrected chi connectivity index (χ2v) is 12.7. The fraction of sp³-hybridized carbons (Fsp3) is 0.314. The highest BCUT2D eigenvalue weighted by Gasteiger charge is 2.34. The van der Waals surface area contributed by atoms with Gasteiger partial charge < -0.3 is 15.1 Å². The average Bonchev–Trinajstić information content (AvgIpc) is 3.86. The summed E-state index contributed by atoms with van der Waals surface area (Å²) in [7, 11) is 1.60. The Hall–Kier alpha value is -4.24. The van der Waals surface area contributed by atoms with Gasteiger partial charge in [-0.25, -0.2) is 9.55 Å². The highest BCUT2D eigenvalue weighted by atomic mass is 79.9. The Morgan fingerprint density at radius 2 is 1.73 bits per heavy atom. The zero-order valence-corrected chi connectivity index (χ0v) is 26.8. The molecular formula is C35H36BrN5O3. The summed E-state index contributed by atoms with van der Waals surface area (Å²) in [5.74, 6) is 0.829. The molecule has 0 saturated heterocycles. The molecule has 0 bridgehead atoms. The monoisotopic (exact) mass is 653 g/mol. The van der Waals surface area contributed by atoms with Gasteiger partial charge in [-0.15, -0.1) is 0 Å². The number of hydrogen-bond acceptors (Lipinski definition) is 5. The van der Waals surface area contributed by atoms with Gasteiger partial charge in [-0.1, -0.05) is 46.3 Å². The Morgan fingerprint density at radius 1 is 1.02 bits per heavy atom. The van der Waals surface area contributed by atoms with Gasteiger partial charge in [0.1, 0.15) is 0 Å². The molecule has 4 aromatic rings. The first-order valence-corrected chi connectivity index (χ1v) is 15.9. The van der Waals surface area contributed by atoms with Gasteiger partial charge in [0, 0.05) is 47.3 Å². The van der Waals surface area contributed by atoms with Crippen molar-refractivity contribution in [2.24, 2.45) is 5.92 Å². The number of nitrogens with one attached hydrogen (secondary N) is 1. The number of anilines is 1. The number of halogens is 1.